The van der Waals surface area contributed by atoms with Gasteiger partial charge in [-0.25, -0.2) is 14.9 Å². The fraction of sp³-hybridized carbons (Fsp3) is 0.500. The molecule has 2 rings (SSSR count). The van der Waals surface area contributed by atoms with Crippen molar-refractivity contribution in [3.05, 3.63) is 28.6 Å². The summed E-state index contributed by atoms with van der Waals surface area (Å²) in [5.41, 5.74) is 0.676. The lowest BCUT2D eigenvalue weighted by atomic mass is 10.4. The maximum Gasteiger partial charge on any atom is 0.343 e. The maximum absolute atomic E-state index is 11.4. The van der Waals surface area contributed by atoms with Crippen LogP contribution in [-0.4, -0.2) is 31.3 Å². The molecule has 0 radical (unpaired) electrons. The van der Waals surface area contributed by atoms with Crippen LogP contribution in [0.3, 0.4) is 0 Å². The predicted octanol–water partition coefficient (Wildman–Crippen LogP) is 1.50. The van der Waals surface area contributed by atoms with E-state index in [9.17, 15) is 4.79 Å². The summed E-state index contributed by atoms with van der Waals surface area (Å²) in [6.45, 7) is 5.50. The Morgan fingerprint density at radius 3 is 2.85 bits per heavy atom. The van der Waals surface area contributed by atoms with E-state index in [1.807, 2.05) is 6.92 Å². The number of aromatic nitrogens is 5. The van der Waals surface area contributed by atoms with E-state index in [4.69, 9.17) is 0 Å². The normalized spacial score (nSPS) is 10.7. The first-order valence-corrected chi connectivity index (χ1v) is 7.56. The van der Waals surface area contributed by atoms with E-state index in [2.05, 4.69) is 32.4 Å². The minimum absolute atomic E-state index is 0.180. The third kappa shape index (κ3) is 3.60. The van der Waals surface area contributed by atoms with Crippen molar-refractivity contribution in [2.75, 3.05) is 11.9 Å². The first-order valence-electron chi connectivity index (χ1n) is 6.57. The van der Waals surface area contributed by atoms with Gasteiger partial charge in [-0.3, -0.25) is 9.55 Å². The Morgan fingerprint density at radius 2 is 2.20 bits per heavy atom. The van der Waals surface area contributed by atoms with Gasteiger partial charge < -0.3 is 5.32 Å². The molecular formula is C12H18N6OS. The van der Waals surface area contributed by atoms with Crippen molar-refractivity contribution in [1.29, 1.82) is 0 Å². The van der Waals surface area contributed by atoms with Gasteiger partial charge in [0, 0.05) is 18.8 Å². The van der Waals surface area contributed by atoms with E-state index in [-0.39, 0.29) is 5.69 Å². The van der Waals surface area contributed by atoms with Crippen LogP contribution in [0.25, 0.3) is 0 Å². The third-order valence-corrected chi connectivity index (χ3v) is 3.66. The van der Waals surface area contributed by atoms with Crippen molar-refractivity contribution < 1.29 is 0 Å². The molecule has 0 amide bonds. The van der Waals surface area contributed by atoms with Crippen molar-refractivity contribution >= 4 is 17.6 Å². The molecule has 20 heavy (non-hydrogen) atoms. The summed E-state index contributed by atoms with van der Waals surface area (Å²) in [6.07, 6.45) is 4.52. The van der Waals surface area contributed by atoms with Gasteiger partial charge >= 0.3 is 5.69 Å². The number of nitrogens with one attached hydrogen (secondary N) is 2. The minimum Gasteiger partial charge on any atom is -0.369 e. The zero-order valence-corrected chi connectivity index (χ0v) is 12.4. The minimum atomic E-state index is -0.180. The molecule has 0 unspecified atom stereocenters. The predicted molar refractivity (Wildman–Crippen MR) is 78.9 cm³/mol. The van der Waals surface area contributed by atoms with Crippen LogP contribution in [0, 0.1) is 0 Å². The van der Waals surface area contributed by atoms with E-state index in [1.54, 1.807) is 17.0 Å². The van der Waals surface area contributed by atoms with Crippen LogP contribution in [0.4, 0.5) is 5.82 Å². The molecule has 0 bridgehead atoms. The number of hydrogen-bond acceptors (Lipinski definition) is 6. The zero-order valence-electron chi connectivity index (χ0n) is 11.6. The molecule has 2 aromatic rings. The van der Waals surface area contributed by atoms with Crippen LogP contribution < -0.4 is 11.0 Å². The summed E-state index contributed by atoms with van der Waals surface area (Å²) in [4.78, 5) is 20.1. The average Bonchev–Trinajstić information content (AvgIpc) is 2.84. The van der Waals surface area contributed by atoms with Crippen LogP contribution in [0.5, 0.6) is 0 Å². The van der Waals surface area contributed by atoms with E-state index < -0.39 is 0 Å². The molecule has 0 fully saturated rings. The topological polar surface area (TPSA) is 88.5 Å². The summed E-state index contributed by atoms with van der Waals surface area (Å²) in [5, 5.41) is 10.3. The molecule has 0 aliphatic heterocycles. The summed E-state index contributed by atoms with van der Waals surface area (Å²) in [7, 11) is 0. The largest absolute Gasteiger partial charge is 0.369 e. The number of H-pyrrole nitrogens is 1. The van der Waals surface area contributed by atoms with Crippen LogP contribution in [0.1, 0.15) is 26.0 Å². The van der Waals surface area contributed by atoms with E-state index in [1.165, 1.54) is 11.8 Å². The molecule has 0 spiro atoms. The Hall–Kier alpha value is -1.83. The van der Waals surface area contributed by atoms with Gasteiger partial charge in [0.2, 0.25) is 0 Å². The molecule has 0 aliphatic rings. The molecule has 0 atom stereocenters. The van der Waals surface area contributed by atoms with Gasteiger partial charge in [0.15, 0.2) is 5.16 Å². The number of thioether (sulfide) groups is 1. The Kier molecular flexibility index (Phi) is 5.16. The summed E-state index contributed by atoms with van der Waals surface area (Å²) >= 11 is 1.47. The lowest BCUT2D eigenvalue weighted by Crippen LogP contribution is -2.16. The van der Waals surface area contributed by atoms with Crippen molar-refractivity contribution in [2.24, 2.45) is 0 Å². The van der Waals surface area contributed by atoms with Gasteiger partial charge in [0.05, 0.1) is 18.1 Å². The Bertz CT molecular complexity index is 591. The molecule has 0 aliphatic carbocycles. The maximum atomic E-state index is 11.4. The van der Waals surface area contributed by atoms with Gasteiger partial charge in [-0.05, 0) is 13.3 Å². The lowest BCUT2D eigenvalue weighted by molar-refractivity contribution is 0.660. The molecule has 0 saturated heterocycles. The number of hydrogen-bond donors (Lipinski definition) is 2. The van der Waals surface area contributed by atoms with Crippen molar-refractivity contribution in [3.8, 4) is 0 Å². The van der Waals surface area contributed by atoms with Gasteiger partial charge in [-0.2, -0.15) is 0 Å². The smallest absolute Gasteiger partial charge is 0.343 e. The second-order valence-corrected chi connectivity index (χ2v) is 5.11. The number of rotatable bonds is 7. The summed E-state index contributed by atoms with van der Waals surface area (Å²) < 4.78 is 1.59. The highest BCUT2D eigenvalue weighted by Gasteiger charge is 2.07. The Balaban J connectivity index is 1.95. The van der Waals surface area contributed by atoms with E-state index in [0.717, 1.165) is 24.5 Å². The molecule has 2 aromatic heterocycles. The molecule has 2 N–H and O–H groups in total. The first-order chi connectivity index (χ1) is 9.74. The van der Waals surface area contributed by atoms with Gasteiger partial charge in [0.25, 0.3) is 0 Å². The SMILES string of the molecule is CCCNc1cnc(CSc2n[nH]c(=O)n2CC)cn1. The Morgan fingerprint density at radius 1 is 1.35 bits per heavy atom. The van der Waals surface area contributed by atoms with Crippen LogP contribution in [-0.2, 0) is 12.3 Å². The zero-order chi connectivity index (χ0) is 14.4. The lowest BCUT2D eigenvalue weighted by Gasteiger charge is -2.04. The van der Waals surface area contributed by atoms with Crippen molar-refractivity contribution in [2.45, 2.75) is 37.7 Å². The number of nitrogens with zero attached hydrogens (tertiary/aromatic N) is 4. The van der Waals surface area contributed by atoms with E-state index >= 15 is 0 Å². The quantitative estimate of drug-likeness (QED) is 0.752. The van der Waals surface area contributed by atoms with Gasteiger partial charge in [-0.1, -0.05) is 18.7 Å². The molecule has 108 valence electrons. The highest BCUT2D eigenvalue weighted by atomic mass is 32.2. The van der Waals surface area contributed by atoms with Crippen molar-refractivity contribution in [3.63, 3.8) is 0 Å². The summed E-state index contributed by atoms with van der Waals surface area (Å²) in [6, 6.07) is 0. The van der Waals surface area contributed by atoms with Crippen molar-refractivity contribution in [1.82, 2.24) is 24.7 Å². The standard InChI is InChI=1S/C12H18N6OS/c1-3-5-13-10-7-14-9(6-15-10)8-20-12-17-16-11(19)18(12)4-2/h6-7H,3-5,8H2,1-2H3,(H,13,15)(H,16,19). The van der Waals surface area contributed by atoms with Crippen LogP contribution in [0.15, 0.2) is 22.3 Å². The van der Waals surface area contributed by atoms with E-state index in [0.29, 0.717) is 17.5 Å². The van der Waals surface area contributed by atoms with Crippen LogP contribution >= 0.6 is 11.8 Å². The number of anilines is 1. The second kappa shape index (κ2) is 7.09. The van der Waals surface area contributed by atoms with Crippen LogP contribution in [0.2, 0.25) is 0 Å². The highest BCUT2D eigenvalue weighted by Crippen LogP contribution is 2.18. The monoisotopic (exact) mass is 294 g/mol. The highest BCUT2D eigenvalue weighted by molar-refractivity contribution is 7.98. The summed E-state index contributed by atoms with van der Waals surface area (Å²) in [5.74, 6) is 1.41. The van der Waals surface area contributed by atoms with Gasteiger partial charge in [0.1, 0.15) is 5.82 Å². The average molecular weight is 294 g/mol. The molecule has 0 saturated carbocycles. The Labute approximate surface area is 121 Å². The molecule has 7 nitrogen and oxygen atoms in total. The fourth-order valence-corrected chi connectivity index (χ4v) is 2.51. The fourth-order valence-electron chi connectivity index (χ4n) is 1.60. The molecule has 2 heterocycles. The third-order valence-electron chi connectivity index (χ3n) is 2.65. The van der Waals surface area contributed by atoms with Gasteiger partial charge in [-0.15, -0.1) is 5.10 Å². The molecule has 0 aromatic carbocycles. The second-order valence-electron chi connectivity index (χ2n) is 4.16. The molecule has 8 heteroatoms. The number of aromatic amines is 1. The molecular weight excluding hydrogens is 276 g/mol. The first kappa shape index (κ1) is 14.6.